The molecule has 26 heavy (non-hydrogen) atoms. The van der Waals surface area contributed by atoms with Crippen LogP contribution in [0.1, 0.15) is 43.6 Å². The number of nitrogens with one attached hydrogen (secondary N) is 3. The first kappa shape index (κ1) is 17.6. The third-order valence-electron chi connectivity index (χ3n) is 3.89. The third kappa shape index (κ3) is 4.24. The quantitative estimate of drug-likeness (QED) is 0.596. The molecule has 9 nitrogen and oxygen atoms in total. The van der Waals surface area contributed by atoms with Gasteiger partial charge in [0.2, 0.25) is 5.65 Å². The van der Waals surface area contributed by atoms with Crippen LogP contribution < -0.4 is 10.9 Å². The molecule has 1 unspecified atom stereocenters. The van der Waals surface area contributed by atoms with Gasteiger partial charge in [-0.3, -0.25) is 4.79 Å². The number of benzene rings is 1. The summed E-state index contributed by atoms with van der Waals surface area (Å²) in [4.78, 5) is 31.2. The fourth-order valence-electron chi connectivity index (χ4n) is 2.53. The number of unbranched alkanes of at least 4 members (excludes halogenated alkanes) is 1. The van der Waals surface area contributed by atoms with Crippen LogP contribution in [0.25, 0.3) is 11.2 Å². The van der Waals surface area contributed by atoms with E-state index in [0.717, 1.165) is 18.4 Å². The predicted octanol–water partition coefficient (Wildman–Crippen LogP) is 2.20. The lowest BCUT2D eigenvalue weighted by Gasteiger charge is -2.17. The van der Waals surface area contributed by atoms with E-state index in [1.54, 1.807) is 0 Å². The lowest BCUT2D eigenvalue weighted by atomic mass is 10.1. The average molecular weight is 356 g/mol. The molecule has 1 aromatic carbocycles. The summed E-state index contributed by atoms with van der Waals surface area (Å²) in [7, 11) is 0. The molecule has 0 aliphatic carbocycles. The van der Waals surface area contributed by atoms with Gasteiger partial charge >= 0.3 is 6.09 Å². The fraction of sp³-hybridized carbons (Fsp3) is 0.353. The van der Waals surface area contributed by atoms with Crippen molar-refractivity contribution in [3.63, 3.8) is 0 Å². The van der Waals surface area contributed by atoms with Gasteiger partial charge in [0.25, 0.3) is 5.56 Å². The molecule has 1 atom stereocenters. The first-order valence-corrected chi connectivity index (χ1v) is 8.45. The van der Waals surface area contributed by atoms with E-state index in [1.807, 2.05) is 37.3 Å². The standard InChI is InChI=1S/C17H20N6O3/c1-2-3-9-12(14-19-15-13(16(24)20-14)21-23-22-15)18-17(25)26-10-11-7-5-4-6-8-11/h4-8,12H,2-3,9-10H2,1H3,(H,18,25)(H2,19,20,21,22,23,24). The fourth-order valence-corrected chi connectivity index (χ4v) is 2.53. The molecule has 0 aliphatic rings. The van der Waals surface area contributed by atoms with Crippen LogP contribution in [0.3, 0.4) is 0 Å². The average Bonchev–Trinajstić information content (AvgIpc) is 3.13. The minimum Gasteiger partial charge on any atom is -0.445 e. The number of alkyl carbamates (subject to hydrolysis) is 1. The molecule has 2 heterocycles. The topological polar surface area (TPSA) is 126 Å². The second-order valence-electron chi connectivity index (χ2n) is 5.85. The number of amides is 1. The van der Waals surface area contributed by atoms with Crippen LogP contribution in [0, 0.1) is 0 Å². The van der Waals surface area contributed by atoms with Crippen molar-refractivity contribution in [1.82, 2.24) is 30.7 Å². The number of H-pyrrole nitrogens is 2. The van der Waals surface area contributed by atoms with Gasteiger partial charge in [0.05, 0.1) is 6.04 Å². The minimum absolute atomic E-state index is 0.134. The Morgan fingerprint density at radius 1 is 1.27 bits per heavy atom. The number of fused-ring (bicyclic) bond motifs is 1. The highest BCUT2D eigenvalue weighted by molar-refractivity contribution is 5.69. The van der Waals surface area contributed by atoms with Crippen molar-refractivity contribution in [3.05, 3.63) is 52.1 Å². The molecule has 0 bridgehead atoms. The summed E-state index contributed by atoms with van der Waals surface area (Å²) in [6.07, 6.45) is 1.83. The number of carbonyl (C=O) groups is 1. The summed E-state index contributed by atoms with van der Waals surface area (Å²) in [5, 5.41) is 12.7. The van der Waals surface area contributed by atoms with Gasteiger partial charge < -0.3 is 15.0 Å². The van der Waals surface area contributed by atoms with E-state index >= 15 is 0 Å². The third-order valence-corrected chi connectivity index (χ3v) is 3.89. The van der Waals surface area contributed by atoms with E-state index < -0.39 is 17.7 Å². The Morgan fingerprint density at radius 3 is 2.85 bits per heavy atom. The minimum atomic E-state index is -0.571. The van der Waals surface area contributed by atoms with E-state index in [9.17, 15) is 9.59 Å². The molecule has 0 saturated carbocycles. The molecule has 9 heteroatoms. The summed E-state index contributed by atoms with van der Waals surface area (Å²) >= 11 is 0. The summed E-state index contributed by atoms with van der Waals surface area (Å²) in [5.41, 5.74) is 0.836. The van der Waals surface area contributed by atoms with Crippen LogP contribution in [0.4, 0.5) is 4.79 Å². The molecule has 0 fully saturated rings. The molecule has 0 spiro atoms. The Kier molecular flexibility index (Phi) is 5.57. The van der Waals surface area contributed by atoms with Crippen molar-refractivity contribution < 1.29 is 9.53 Å². The number of ether oxygens (including phenoxy) is 1. The number of carbonyl (C=O) groups excluding carboxylic acids is 1. The van der Waals surface area contributed by atoms with Gasteiger partial charge in [0.15, 0.2) is 5.52 Å². The maximum Gasteiger partial charge on any atom is 0.408 e. The van der Waals surface area contributed by atoms with Crippen molar-refractivity contribution in [2.45, 2.75) is 38.8 Å². The monoisotopic (exact) mass is 356 g/mol. The van der Waals surface area contributed by atoms with E-state index in [0.29, 0.717) is 12.2 Å². The van der Waals surface area contributed by atoms with Gasteiger partial charge in [0.1, 0.15) is 12.4 Å². The number of nitrogens with zero attached hydrogens (tertiary/aromatic N) is 3. The molecule has 0 aliphatic heterocycles. The van der Waals surface area contributed by atoms with Crippen molar-refractivity contribution in [2.24, 2.45) is 0 Å². The Labute approximate surface area is 149 Å². The zero-order chi connectivity index (χ0) is 18.4. The zero-order valence-corrected chi connectivity index (χ0v) is 14.4. The number of aromatic amines is 2. The maximum atomic E-state index is 12.2. The van der Waals surface area contributed by atoms with Gasteiger partial charge in [-0.25, -0.2) is 9.78 Å². The normalized spacial score (nSPS) is 12.0. The Balaban J connectivity index is 1.72. The molecule has 3 rings (SSSR count). The Bertz CT molecular complexity index is 921. The molecule has 2 aromatic heterocycles. The van der Waals surface area contributed by atoms with Crippen LogP contribution in [0.5, 0.6) is 0 Å². The molecule has 1 amide bonds. The second kappa shape index (κ2) is 8.24. The molecular formula is C17H20N6O3. The number of hydrogen-bond acceptors (Lipinski definition) is 6. The largest absolute Gasteiger partial charge is 0.445 e. The van der Waals surface area contributed by atoms with Gasteiger partial charge in [-0.05, 0) is 12.0 Å². The van der Waals surface area contributed by atoms with Gasteiger partial charge in [-0.15, -0.1) is 10.2 Å². The molecule has 0 saturated heterocycles. The first-order chi connectivity index (χ1) is 12.7. The molecule has 3 N–H and O–H groups in total. The summed E-state index contributed by atoms with van der Waals surface area (Å²) in [6.45, 7) is 2.21. The molecule has 0 radical (unpaired) electrons. The highest BCUT2D eigenvalue weighted by Gasteiger charge is 2.19. The summed E-state index contributed by atoms with van der Waals surface area (Å²) in [6, 6.07) is 8.92. The van der Waals surface area contributed by atoms with Crippen molar-refractivity contribution in [1.29, 1.82) is 0 Å². The maximum absolute atomic E-state index is 12.2. The predicted molar refractivity (Wildman–Crippen MR) is 94.3 cm³/mol. The number of rotatable bonds is 7. The van der Waals surface area contributed by atoms with Crippen LogP contribution in [-0.4, -0.2) is 31.5 Å². The lowest BCUT2D eigenvalue weighted by molar-refractivity contribution is 0.134. The highest BCUT2D eigenvalue weighted by atomic mass is 16.5. The highest BCUT2D eigenvalue weighted by Crippen LogP contribution is 2.16. The number of aromatic nitrogens is 5. The van der Waals surface area contributed by atoms with Crippen LogP contribution in [0.15, 0.2) is 35.1 Å². The first-order valence-electron chi connectivity index (χ1n) is 8.45. The Hall–Kier alpha value is -3.23. The van der Waals surface area contributed by atoms with Crippen LogP contribution in [-0.2, 0) is 11.3 Å². The molecular weight excluding hydrogens is 336 g/mol. The SMILES string of the molecule is CCCCC(NC(=O)OCc1ccccc1)c1nc2n[nH]nc2c(=O)[nH]1. The van der Waals surface area contributed by atoms with Gasteiger partial charge in [-0.2, -0.15) is 5.21 Å². The summed E-state index contributed by atoms with van der Waals surface area (Å²) in [5.74, 6) is 0.335. The zero-order valence-electron chi connectivity index (χ0n) is 14.4. The van der Waals surface area contributed by atoms with Crippen molar-refractivity contribution in [2.75, 3.05) is 0 Å². The number of hydrogen-bond donors (Lipinski definition) is 3. The molecule has 3 aromatic rings. The van der Waals surface area contributed by atoms with Crippen molar-refractivity contribution in [3.8, 4) is 0 Å². The smallest absolute Gasteiger partial charge is 0.408 e. The van der Waals surface area contributed by atoms with Gasteiger partial charge in [0, 0.05) is 0 Å². The van der Waals surface area contributed by atoms with Crippen LogP contribution in [0.2, 0.25) is 0 Å². The lowest BCUT2D eigenvalue weighted by Crippen LogP contribution is -2.31. The van der Waals surface area contributed by atoms with E-state index in [2.05, 4.69) is 30.7 Å². The van der Waals surface area contributed by atoms with Crippen LogP contribution >= 0.6 is 0 Å². The van der Waals surface area contributed by atoms with E-state index in [4.69, 9.17) is 4.74 Å². The second-order valence-corrected chi connectivity index (χ2v) is 5.85. The Morgan fingerprint density at radius 2 is 2.08 bits per heavy atom. The van der Waals surface area contributed by atoms with E-state index in [1.165, 1.54) is 0 Å². The van der Waals surface area contributed by atoms with Gasteiger partial charge in [-0.1, -0.05) is 50.1 Å². The van der Waals surface area contributed by atoms with Crippen molar-refractivity contribution >= 4 is 17.3 Å². The van der Waals surface area contributed by atoms with E-state index in [-0.39, 0.29) is 17.8 Å². The molecule has 136 valence electrons. The summed E-state index contributed by atoms with van der Waals surface area (Å²) < 4.78 is 5.26.